The molecule has 3 heteroatoms. The Hall–Kier alpha value is -1.25. The van der Waals surface area contributed by atoms with Crippen LogP contribution >= 0.6 is 0 Å². The van der Waals surface area contributed by atoms with E-state index in [4.69, 9.17) is 9.47 Å². The quantitative estimate of drug-likeness (QED) is 0.505. The first-order chi connectivity index (χ1) is 4.47. The Kier molecular flexibility index (Phi) is 0.828. The fourth-order valence-electron chi connectivity index (χ4n) is 0.695. The molecule has 0 amide bonds. The van der Waals surface area contributed by atoms with Crippen LogP contribution in [0.2, 0.25) is 0 Å². The van der Waals surface area contributed by atoms with Gasteiger partial charge in [0.1, 0.15) is 0 Å². The first-order valence-corrected chi connectivity index (χ1v) is 2.58. The minimum Gasteiger partial charge on any atom is -0.452 e. The molecule has 3 nitrogen and oxygen atoms in total. The van der Waals surface area contributed by atoms with Crippen molar-refractivity contribution in [2.24, 2.45) is 0 Å². The Morgan fingerprint density at radius 3 is 3.44 bits per heavy atom. The molecule has 0 aromatic carbocycles. The van der Waals surface area contributed by atoms with Crippen molar-refractivity contribution in [3.05, 3.63) is 18.3 Å². The van der Waals surface area contributed by atoms with E-state index in [-0.39, 0.29) is 6.79 Å². The summed E-state index contributed by atoms with van der Waals surface area (Å²) in [4.78, 5) is 3.86. The molecule has 1 radical (unpaired) electrons. The maximum Gasteiger partial charge on any atom is 0.260 e. The average Bonchev–Trinajstić information content (AvgIpc) is 2.33. The van der Waals surface area contributed by atoms with E-state index in [0.717, 1.165) is 0 Å². The molecule has 0 atom stereocenters. The predicted molar refractivity (Wildman–Crippen MR) is 29.2 cm³/mol. The summed E-state index contributed by atoms with van der Waals surface area (Å²) in [7, 11) is 0. The van der Waals surface area contributed by atoms with Crippen molar-refractivity contribution < 1.29 is 9.47 Å². The second-order valence-corrected chi connectivity index (χ2v) is 1.65. The van der Waals surface area contributed by atoms with Crippen LogP contribution < -0.4 is 9.47 Å². The number of rotatable bonds is 0. The van der Waals surface area contributed by atoms with Gasteiger partial charge in [-0.1, -0.05) is 0 Å². The normalized spacial score (nSPS) is 13.8. The molecule has 0 aliphatic carbocycles. The van der Waals surface area contributed by atoms with Gasteiger partial charge >= 0.3 is 0 Å². The van der Waals surface area contributed by atoms with Crippen molar-refractivity contribution in [1.29, 1.82) is 0 Å². The summed E-state index contributed by atoms with van der Waals surface area (Å²) in [5, 5.41) is 0. The van der Waals surface area contributed by atoms with Gasteiger partial charge in [0.2, 0.25) is 6.79 Å². The summed E-state index contributed by atoms with van der Waals surface area (Å²) in [6.45, 7) is 0.278. The number of ether oxygens (including phenoxy) is 2. The molecule has 45 valence electrons. The average molecular weight is 122 g/mol. The summed E-state index contributed by atoms with van der Waals surface area (Å²) in [6.07, 6.45) is 1.55. The molecule has 0 saturated carbocycles. The van der Waals surface area contributed by atoms with E-state index in [1.54, 1.807) is 12.3 Å². The van der Waals surface area contributed by atoms with Crippen LogP contribution in [-0.2, 0) is 0 Å². The Balaban J connectivity index is 2.54. The standard InChI is InChI=1S/C6H4NO2/c1-2-5-6(7-3-1)9-4-8-5/h2-3H,4H2. The molecule has 0 bridgehead atoms. The third-order valence-electron chi connectivity index (χ3n) is 1.09. The van der Waals surface area contributed by atoms with E-state index >= 15 is 0 Å². The van der Waals surface area contributed by atoms with Gasteiger partial charge in [0.15, 0.2) is 5.75 Å². The van der Waals surface area contributed by atoms with Crippen LogP contribution in [0.3, 0.4) is 0 Å². The van der Waals surface area contributed by atoms with E-state index in [9.17, 15) is 0 Å². The molecule has 0 spiro atoms. The molecule has 1 aromatic rings. The second kappa shape index (κ2) is 1.62. The fourth-order valence-corrected chi connectivity index (χ4v) is 0.695. The molecule has 9 heavy (non-hydrogen) atoms. The number of pyridine rings is 1. The maximum atomic E-state index is 4.98. The van der Waals surface area contributed by atoms with Crippen LogP contribution in [0.5, 0.6) is 11.6 Å². The maximum absolute atomic E-state index is 4.98. The first kappa shape index (κ1) is 4.61. The van der Waals surface area contributed by atoms with Gasteiger partial charge in [0.05, 0.1) is 0 Å². The van der Waals surface area contributed by atoms with Crippen molar-refractivity contribution in [2.45, 2.75) is 0 Å². The summed E-state index contributed by atoms with van der Waals surface area (Å²) in [5.74, 6) is 1.24. The number of fused-ring (bicyclic) bond motifs is 1. The van der Waals surface area contributed by atoms with Crippen molar-refractivity contribution in [1.82, 2.24) is 4.98 Å². The summed E-state index contributed by atoms with van der Waals surface area (Å²) in [5.41, 5.74) is 0. The van der Waals surface area contributed by atoms with Crippen LogP contribution in [0.4, 0.5) is 0 Å². The number of hydrogen-bond acceptors (Lipinski definition) is 3. The lowest BCUT2D eigenvalue weighted by atomic mass is 10.4. The van der Waals surface area contributed by atoms with E-state index in [2.05, 4.69) is 11.1 Å². The smallest absolute Gasteiger partial charge is 0.260 e. The lowest BCUT2D eigenvalue weighted by Crippen LogP contribution is -1.93. The van der Waals surface area contributed by atoms with Crippen LogP contribution in [-0.4, -0.2) is 11.8 Å². The summed E-state index contributed by atoms with van der Waals surface area (Å²) < 4.78 is 9.93. The van der Waals surface area contributed by atoms with Gasteiger partial charge in [0.25, 0.3) is 5.88 Å². The minimum atomic E-state index is 0.278. The third-order valence-corrected chi connectivity index (χ3v) is 1.09. The molecule has 2 rings (SSSR count). The largest absolute Gasteiger partial charge is 0.452 e. The summed E-state index contributed by atoms with van der Waals surface area (Å²) >= 11 is 0. The van der Waals surface area contributed by atoms with Gasteiger partial charge in [-0.15, -0.1) is 0 Å². The highest BCUT2D eigenvalue weighted by Gasteiger charge is 2.11. The van der Waals surface area contributed by atoms with Crippen molar-refractivity contribution >= 4 is 0 Å². The predicted octanol–water partition coefficient (Wildman–Crippen LogP) is 0.610. The van der Waals surface area contributed by atoms with Crippen molar-refractivity contribution in [3.63, 3.8) is 0 Å². The lowest BCUT2D eigenvalue weighted by Gasteiger charge is -1.88. The van der Waals surface area contributed by atoms with Crippen molar-refractivity contribution in [2.75, 3.05) is 6.79 Å². The topological polar surface area (TPSA) is 31.4 Å². The number of aromatic nitrogens is 1. The molecular formula is C6H4NO2. The van der Waals surface area contributed by atoms with E-state index in [1.807, 2.05) is 0 Å². The van der Waals surface area contributed by atoms with Crippen LogP contribution in [0.15, 0.2) is 12.3 Å². The van der Waals surface area contributed by atoms with E-state index in [0.29, 0.717) is 11.6 Å². The lowest BCUT2D eigenvalue weighted by molar-refractivity contribution is 0.171. The Morgan fingerprint density at radius 1 is 1.56 bits per heavy atom. The Morgan fingerprint density at radius 2 is 2.56 bits per heavy atom. The first-order valence-electron chi connectivity index (χ1n) is 2.58. The second-order valence-electron chi connectivity index (χ2n) is 1.65. The monoisotopic (exact) mass is 122 g/mol. The molecule has 1 aromatic heterocycles. The molecule has 2 heterocycles. The SMILES string of the molecule is [c]1cnc2c(c1)OCO2. The molecule has 0 fully saturated rings. The van der Waals surface area contributed by atoms with Gasteiger partial charge < -0.3 is 9.47 Å². The highest BCUT2D eigenvalue weighted by atomic mass is 16.7. The molecule has 1 aliphatic rings. The highest BCUT2D eigenvalue weighted by molar-refractivity contribution is 5.33. The van der Waals surface area contributed by atoms with Gasteiger partial charge in [-0.25, -0.2) is 4.98 Å². The molecule has 0 unspecified atom stereocenters. The van der Waals surface area contributed by atoms with Crippen LogP contribution in [0, 0.1) is 6.07 Å². The zero-order valence-corrected chi connectivity index (χ0v) is 4.63. The Labute approximate surface area is 52.2 Å². The minimum absolute atomic E-state index is 0.278. The summed E-state index contributed by atoms with van der Waals surface area (Å²) in [6, 6.07) is 4.48. The van der Waals surface area contributed by atoms with E-state index in [1.165, 1.54) is 0 Å². The van der Waals surface area contributed by atoms with Gasteiger partial charge in [-0.3, -0.25) is 0 Å². The highest BCUT2D eigenvalue weighted by Crippen LogP contribution is 2.27. The molecule has 0 N–H and O–H groups in total. The zero-order chi connectivity index (χ0) is 6.10. The number of nitrogens with zero attached hydrogens (tertiary/aromatic N) is 1. The number of hydrogen-bond donors (Lipinski definition) is 0. The van der Waals surface area contributed by atoms with E-state index < -0.39 is 0 Å². The van der Waals surface area contributed by atoms with Crippen LogP contribution in [0.25, 0.3) is 0 Å². The fraction of sp³-hybridized carbons (Fsp3) is 0.167. The molecule has 0 saturated heterocycles. The van der Waals surface area contributed by atoms with Crippen molar-refractivity contribution in [3.8, 4) is 11.6 Å². The van der Waals surface area contributed by atoms with Gasteiger partial charge in [-0.2, -0.15) is 0 Å². The molecule has 1 aliphatic heterocycles. The van der Waals surface area contributed by atoms with Crippen LogP contribution in [0.1, 0.15) is 0 Å². The Bertz CT molecular complexity index is 201. The zero-order valence-electron chi connectivity index (χ0n) is 4.63. The molecular weight excluding hydrogens is 118 g/mol. The third kappa shape index (κ3) is 0.614. The van der Waals surface area contributed by atoms with Gasteiger partial charge in [0, 0.05) is 12.3 Å². The van der Waals surface area contributed by atoms with Gasteiger partial charge in [-0.05, 0) is 6.07 Å².